The lowest BCUT2D eigenvalue weighted by Gasteiger charge is -2.01. The number of nitrogens with one attached hydrogen (secondary N) is 1. The number of nitrogens with zero attached hydrogens (tertiary/aromatic N) is 3. The van der Waals surface area contributed by atoms with Gasteiger partial charge in [0.05, 0.1) is 11.4 Å². The third-order valence-corrected chi connectivity index (χ3v) is 4.24. The van der Waals surface area contributed by atoms with Gasteiger partial charge in [-0.05, 0) is 36.8 Å². The van der Waals surface area contributed by atoms with Crippen LogP contribution in [0, 0.1) is 6.92 Å². The molecule has 3 aromatic rings. The monoisotopic (exact) mass is 371 g/mol. The highest BCUT2D eigenvalue weighted by Gasteiger charge is 2.17. The van der Waals surface area contributed by atoms with Crippen LogP contribution in [-0.2, 0) is 0 Å². The van der Waals surface area contributed by atoms with E-state index in [1.54, 1.807) is 18.2 Å². The third-order valence-electron chi connectivity index (χ3n) is 3.65. The summed E-state index contributed by atoms with van der Waals surface area (Å²) in [6, 6.07) is 14.6. The molecule has 126 valence electrons. The summed E-state index contributed by atoms with van der Waals surface area (Å²) >= 11 is 11.0. The van der Waals surface area contributed by atoms with Crippen LogP contribution in [0.4, 0.5) is 11.4 Å². The third kappa shape index (κ3) is 3.38. The van der Waals surface area contributed by atoms with Crippen molar-refractivity contribution in [3.05, 3.63) is 69.5 Å². The van der Waals surface area contributed by atoms with E-state index in [0.29, 0.717) is 16.4 Å². The predicted molar refractivity (Wildman–Crippen MR) is 103 cm³/mol. The molecule has 0 spiro atoms. The van der Waals surface area contributed by atoms with Gasteiger partial charge in [0.15, 0.2) is 10.8 Å². The molecule has 0 aliphatic rings. The van der Waals surface area contributed by atoms with E-state index >= 15 is 0 Å². The number of hydrogen-bond acceptors (Lipinski definition) is 4. The van der Waals surface area contributed by atoms with Crippen molar-refractivity contribution in [2.24, 2.45) is 16.0 Å². The van der Waals surface area contributed by atoms with Crippen molar-refractivity contribution in [1.29, 1.82) is 0 Å². The lowest BCUT2D eigenvalue weighted by molar-refractivity contribution is 0.910. The molecule has 25 heavy (non-hydrogen) atoms. The summed E-state index contributed by atoms with van der Waals surface area (Å²) < 4.78 is 1.07. The second kappa shape index (κ2) is 7.00. The molecule has 6 nitrogen and oxygen atoms in total. The Morgan fingerprint density at radius 2 is 1.88 bits per heavy atom. The molecule has 0 amide bonds. The van der Waals surface area contributed by atoms with Gasteiger partial charge >= 0.3 is 5.56 Å². The fraction of sp³-hybridized carbons (Fsp3) is 0.0588. The number of hydrogen-bond donors (Lipinski definition) is 2. The minimum atomic E-state index is -0.463. The van der Waals surface area contributed by atoms with E-state index in [1.807, 2.05) is 37.3 Å². The van der Waals surface area contributed by atoms with E-state index in [0.717, 1.165) is 15.8 Å². The summed E-state index contributed by atoms with van der Waals surface area (Å²) in [5, 5.41) is 11.7. The summed E-state index contributed by atoms with van der Waals surface area (Å²) in [4.78, 5) is 12.6. The number of rotatable bonds is 3. The van der Waals surface area contributed by atoms with E-state index in [-0.39, 0.29) is 10.8 Å². The van der Waals surface area contributed by atoms with E-state index in [4.69, 9.17) is 29.6 Å². The zero-order chi connectivity index (χ0) is 18.0. The molecule has 3 N–H and O–H groups in total. The highest BCUT2D eigenvalue weighted by molar-refractivity contribution is 7.80. The topological polar surface area (TPSA) is 88.5 Å². The molecule has 0 fully saturated rings. The molecule has 0 radical (unpaired) electrons. The standard InChI is InChI=1S/C17H14ClN5OS/c1-10-12(18)8-5-9-13(10)20-21-15-14(11-6-3-2-4-7-11)22-23(16(15)24)17(19)25/h2-9,22H,1H3,(H2,19,25). The van der Waals surface area contributed by atoms with Gasteiger partial charge < -0.3 is 5.73 Å². The van der Waals surface area contributed by atoms with Gasteiger partial charge in [-0.15, -0.1) is 10.2 Å². The number of azo groups is 1. The van der Waals surface area contributed by atoms with Crippen LogP contribution in [0.1, 0.15) is 5.56 Å². The van der Waals surface area contributed by atoms with Crippen molar-refractivity contribution < 1.29 is 0 Å². The maximum absolute atomic E-state index is 12.6. The number of halogens is 1. The Kier molecular flexibility index (Phi) is 4.78. The number of nitrogens with two attached hydrogens (primary N) is 1. The van der Waals surface area contributed by atoms with Crippen molar-refractivity contribution in [2.45, 2.75) is 6.92 Å². The van der Waals surface area contributed by atoms with E-state index in [2.05, 4.69) is 15.3 Å². The average molecular weight is 372 g/mol. The molecule has 0 bridgehead atoms. The number of benzene rings is 2. The van der Waals surface area contributed by atoms with Gasteiger partial charge in [-0.1, -0.05) is 48.0 Å². The second-order valence-corrected chi connectivity index (χ2v) is 6.09. The van der Waals surface area contributed by atoms with Gasteiger partial charge in [0.2, 0.25) is 0 Å². The first-order valence-electron chi connectivity index (χ1n) is 7.36. The van der Waals surface area contributed by atoms with Crippen molar-refractivity contribution in [2.75, 3.05) is 0 Å². The minimum Gasteiger partial charge on any atom is -0.374 e. The Morgan fingerprint density at radius 3 is 2.56 bits per heavy atom. The first-order chi connectivity index (χ1) is 12.0. The molecule has 0 unspecified atom stereocenters. The molecule has 1 heterocycles. The van der Waals surface area contributed by atoms with Crippen LogP contribution >= 0.6 is 23.8 Å². The van der Waals surface area contributed by atoms with E-state index in [1.165, 1.54) is 0 Å². The maximum Gasteiger partial charge on any atom is 0.301 e. The predicted octanol–water partition coefficient (Wildman–Crippen LogP) is 4.31. The Bertz CT molecular complexity index is 1020. The number of thiocarbonyl (C=S) groups is 1. The van der Waals surface area contributed by atoms with Crippen LogP contribution in [-0.4, -0.2) is 14.9 Å². The Labute approximate surface area is 153 Å². The van der Waals surface area contributed by atoms with Crippen molar-refractivity contribution >= 4 is 40.3 Å². The van der Waals surface area contributed by atoms with E-state index < -0.39 is 5.56 Å². The number of H-pyrrole nitrogens is 1. The summed E-state index contributed by atoms with van der Waals surface area (Å²) in [7, 11) is 0. The van der Waals surface area contributed by atoms with Crippen LogP contribution in [0.5, 0.6) is 0 Å². The van der Waals surface area contributed by atoms with Crippen LogP contribution in [0.2, 0.25) is 5.02 Å². The molecule has 2 aromatic carbocycles. The van der Waals surface area contributed by atoms with Gasteiger partial charge in [0.1, 0.15) is 0 Å². The first-order valence-corrected chi connectivity index (χ1v) is 8.14. The molecule has 0 saturated carbocycles. The zero-order valence-corrected chi connectivity index (χ0v) is 14.8. The molecule has 0 saturated heterocycles. The fourth-order valence-corrected chi connectivity index (χ4v) is 2.59. The molecule has 3 rings (SSSR count). The van der Waals surface area contributed by atoms with Crippen molar-refractivity contribution in [1.82, 2.24) is 9.78 Å². The van der Waals surface area contributed by atoms with Crippen LogP contribution in [0.25, 0.3) is 11.3 Å². The second-order valence-electron chi connectivity index (χ2n) is 5.26. The SMILES string of the molecule is Cc1c(Cl)cccc1N=Nc1c(-c2ccccc2)[nH]n(C(N)=S)c1=O. The largest absolute Gasteiger partial charge is 0.374 e. The smallest absolute Gasteiger partial charge is 0.301 e. The Morgan fingerprint density at radius 1 is 1.16 bits per heavy atom. The summed E-state index contributed by atoms with van der Waals surface area (Å²) in [5.41, 5.74) is 7.87. The summed E-state index contributed by atoms with van der Waals surface area (Å²) in [5.74, 6) is 0. The van der Waals surface area contributed by atoms with Crippen LogP contribution < -0.4 is 11.3 Å². The number of aromatic nitrogens is 2. The molecule has 0 aliphatic heterocycles. The van der Waals surface area contributed by atoms with Gasteiger partial charge in [-0.2, -0.15) is 4.68 Å². The molecule has 1 aromatic heterocycles. The lowest BCUT2D eigenvalue weighted by Crippen LogP contribution is -2.29. The highest BCUT2D eigenvalue weighted by atomic mass is 35.5. The van der Waals surface area contributed by atoms with Gasteiger partial charge in [0, 0.05) is 10.6 Å². The van der Waals surface area contributed by atoms with Gasteiger partial charge in [-0.3, -0.25) is 9.89 Å². The molecule has 0 atom stereocenters. The minimum absolute atomic E-state index is 0.0948. The highest BCUT2D eigenvalue weighted by Crippen LogP contribution is 2.30. The first kappa shape index (κ1) is 17.1. The Hall–Kier alpha value is -2.77. The summed E-state index contributed by atoms with van der Waals surface area (Å²) in [6.07, 6.45) is 0. The van der Waals surface area contributed by atoms with Crippen molar-refractivity contribution in [3.8, 4) is 11.3 Å². The summed E-state index contributed by atoms with van der Waals surface area (Å²) in [6.45, 7) is 1.83. The molecular weight excluding hydrogens is 358 g/mol. The molecule has 0 aliphatic carbocycles. The maximum atomic E-state index is 12.6. The normalized spacial score (nSPS) is 11.1. The quantitative estimate of drug-likeness (QED) is 0.531. The number of aromatic amines is 1. The molecular formula is C17H14ClN5OS. The van der Waals surface area contributed by atoms with Crippen molar-refractivity contribution in [3.63, 3.8) is 0 Å². The van der Waals surface area contributed by atoms with Gasteiger partial charge in [0.25, 0.3) is 0 Å². The average Bonchev–Trinajstić information content (AvgIpc) is 2.94. The molecule has 8 heteroatoms. The Balaban J connectivity index is 2.15. The fourth-order valence-electron chi connectivity index (χ4n) is 2.29. The van der Waals surface area contributed by atoms with Crippen LogP contribution in [0.15, 0.2) is 63.6 Å². The van der Waals surface area contributed by atoms with Gasteiger partial charge in [-0.25, -0.2) is 0 Å². The lowest BCUT2D eigenvalue weighted by atomic mass is 10.1. The zero-order valence-electron chi connectivity index (χ0n) is 13.2. The van der Waals surface area contributed by atoms with Crippen LogP contribution in [0.3, 0.4) is 0 Å². The van der Waals surface area contributed by atoms with E-state index in [9.17, 15) is 4.79 Å².